The summed E-state index contributed by atoms with van der Waals surface area (Å²) in [6, 6.07) is 0.685. The lowest BCUT2D eigenvalue weighted by Crippen LogP contribution is -2.54. The molecule has 0 amide bonds. The average Bonchev–Trinajstić information content (AvgIpc) is 2.65. The zero-order valence-corrected chi connectivity index (χ0v) is 13.2. The number of nitrogens with two attached hydrogens (primary N) is 1. The molecule has 3 unspecified atom stereocenters. The number of hydrogen-bond acceptors (Lipinski definition) is 4. The highest BCUT2D eigenvalue weighted by Gasteiger charge is 2.43. The van der Waals surface area contributed by atoms with E-state index < -0.39 is 0 Å². The first-order valence-corrected chi connectivity index (χ1v) is 7.78. The van der Waals surface area contributed by atoms with Crippen LogP contribution < -0.4 is 5.73 Å². The fourth-order valence-electron chi connectivity index (χ4n) is 3.97. The van der Waals surface area contributed by atoms with Crippen LogP contribution >= 0.6 is 0 Å². The molecule has 2 saturated heterocycles. The van der Waals surface area contributed by atoms with Crippen LogP contribution in [-0.4, -0.2) is 80.1 Å². The van der Waals surface area contributed by atoms with Crippen LogP contribution in [0.1, 0.15) is 26.2 Å². The Morgan fingerprint density at radius 1 is 1.21 bits per heavy atom. The minimum Gasteiger partial charge on any atom is -0.329 e. The summed E-state index contributed by atoms with van der Waals surface area (Å²) in [5.74, 6) is 0.749. The first kappa shape index (κ1) is 15.2. The van der Waals surface area contributed by atoms with E-state index in [4.69, 9.17) is 5.73 Å². The molecule has 0 spiro atoms. The van der Waals surface area contributed by atoms with Gasteiger partial charge >= 0.3 is 0 Å². The van der Waals surface area contributed by atoms with Gasteiger partial charge in [0.05, 0.1) is 0 Å². The highest BCUT2D eigenvalue weighted by molar-refractivity contribution is 5.00. The summed E-state index contributed by atoms with van der Waals surface area (Å²) in [6.07, 6.45) is 3.78. The summed E-state index contributed by atoms with van der Waals surface area (Å²) in [7, 11) is 6.66. The molecule has 0 radical (unpaired) electrons. The van der Waals surface area contributed by atoms with E-state index in [1.165, 1.54) is 45.4 Å². The van der Waals surface area contributed by atoms with Crippen LogP contribution in [-0.2, 0) is 0 Å². The first-order valence-electron chi connectivity index (χ1n) is 7.78. The second-order valence-corrected chi connectivity index (χ2v) is 7.00. The second kappa shape index (κ2) is 6.08. The molecule has 4 nitrogen and oxygen atoms in total. The van der Waals surface area contributed by atoms with Crippen molar-refractivity contribution < 1.29 is 0 Å². The SMILES string of the molecule is CC1CN(C2(CN)CCCN(C)CC2)CC1N(C)C. The Balaban J connectivity index is 2.09. The van der Waals surface area contributed by atoms with Gasteiger partial charge in [-0.25, -0.2) is 0 Å². The maximum Gasteiger partial charge on any atom is 0.0345 e. The third-order valence-corrected chi connectivity index (χ3v) is 5.43. The van der Waals surface area contributed by atoms with Gasteiger partial charge in [-0.3, -0.25) is 4.90 Å². The topological polar surface area (TPSA) is 35.7 Å². The number of likely N-dealkylation sites (N-methyl/N-ethyl adjacent to an activating group) is 1. The van der Waals surface area contributed by atoms with Crippen LogP contribution in [0, 0.1) is 5.92 Å². The third kappa shape index (κ3) is 3.13. The quantitative estimate of drug-likeness (QED) is 0.817. The highest BCUT2D eigenvalue weighted by atomic mass is 15.3. The summed E-state index contributed by atoms with van der Waals surface area (Å²) < 4.78 is 0. The molecular weight excluding hydrogens is 236 g/mol. The largest absolute Gasteiger partial charge is 0.329 e. The van der Waals surface area contributed by atoms with Gasteiger partial charge in [0.1, 0.15) is 0 Å². The van der Waals surface area contributed by atoms with Gasteiger partial charge in [-0.2, -0.15) is 0 Å². The monoisotopic (exact) mass is 268 g/mol. The molecule has 0 aromatic heterocycles. The van der Waals surface area contributed by atoms with Crippen molar-refractivity contribution in [1.82, 2.24) is 14.7 Å². The van der Waals surface area contributed by atoms with Crippen LogP contribution in [0.15, 0.2) is 0 Å². The fourth-order valence-corrected chi connectivity index (χ4v) is 3.97. The van der Waals surface area contributed by atoms with Gasteiger partial charge in [-0.15, -0.1) is 0 Å². The third-order valence-electron chi connectivity index (χ3n) is 5.43. The van der Waals surface area contributed by atoms with Crippen molar-refractivity contribution in [1.29, 1.82) is 0 Å². The molecule has 2 fully saturated rings. The van der Waals surface area contributed by atoms with Crippen molar-refractivity contribution in [3.8, 4) is 0 Å². The van der Waals surface area contributed by atoms with Gasteiger partial charge in [0.25, 0.3) is 0 Å². The van der Waals surface area contributed by atoms with Gasteiger partial charge in [0.15, 0.2) is 0 Å². The van der Waals surface area contributed by atoms with Crippen LogP contribution in [0.2, 0.25) is 0 Å². The van der Waals surface area contributed by atoms with Crippen LogP contribution in [0.4, 0.5) is 0 Å². The normalized spacial score (nSPS) is 38.8. The van der Waals surface area contributed by atoms with Crippen LogP contribution in [0.3, 0.4) is 0 Å². The Hall–Kier alpha value is -0.160. The van der Waals surface area contributed by atoms with Crippen molar-refractivity contribution in [2.45, 2.75) is 37.8 Å². The van der Waals surface area contributed by atoms with E-state index >= 15 is 0 Å². The predicted octanol–water partition coefficient (Wildman–Crippen LogP) is 0.682. The smallest absolute Gasteiger partial charge is 0.0345 e. The Labute approximate surface area is 118 Å². The molecule has 0 saturated carbocycles. The maximum atomic E-state index is 6.23. The van der Waals surface area contributed by atoms with Crippen LogP contribution in [0.25, 0.3) is 0 Å². The van der Waals surface area contributed by atoms with Gasteiger partial charge in [-0.05, 0) is 59.4 Å². The van der Waals surface area contributed by atoms with E-state index in [-0.39, 0.29) is 5.54 Å². The highest BCUT2D eigenvalue weighted by Crippen LogP contribution is 2.33. The Bertz CT molecular complexity index is 294. The lowest BCUT2D eigenvalue weighted by Gasteiger charge is -2.41. The van der Waals surface area contributed by atoms with Crippen molar-refractivity contribution in [3.05, 3.63) is 0 Å². The molecular formula is C15H32N4. The standard InChI is InChI=1S/C15H32N4/c1-13-10-19(11-14(13)17(2)3)15(12-16)6-5-8-18(4)9-7-15/h13-14H,5-12,16H2,1-4H3. The molecule has 2 rings (SSSR count). The number of nitrogens with zero attached hydrogens (tertiary/aromatic N) is 3. The van der Waals surface area contributed by atoms with Gasteiger partial charge in [0, 0.05) is 31.2 Å². The summed E-state index contributed by atoms with van der Waals surface area (Å²) in [6.45, 7) is 8.02. The molecule has 4 heteroatoms. The molecule has 2 N–H and O–H groups in total. The summed E-state index contributed by atoms with van der Waals surface area (Å²) >= 11 is 0. The van der Waals surface area contributed by atoms with Gasteiger partial charge in [0.2, 0.25) is 0 Å². The first-order chi connectivity index (χ1) is 8.98. The van der Waals surface area contributed by atoms with Crippen LogP contribution in [0.5, 0.6) is 0 Å². The molecule has 0 bridgehead atoms. The Kier molecular flexibility index (Phi) is 4.88. The molecule has 3 atom stereocenters. The molecule has 0 aromatic carbocycles. The molecule has 112 valence electrons. The number of likely N-dealkylation sites (tertiary alicyclic amines) is 2. The molecule has 2 aliphatic heterocycles. The van der Waals surface area contributed by atoms with Crippen molar-refractivity contribution in [2.75, 3.05) is 53.9 Å². The molecule has 0 aliphatic carbocycles. The maximum absolute atomic E-state index is 6.23. The Morgan fingerprint density at radius 2 is 1.95 bits per heavy atom. The number of hydrogen-bond donors (Lipinski definition) is 1. The lowest BCUT2D eigenvalue weighted by molar-refractivity contribution is 0.0966. The molecule has 2 aliphatic rings. The molecule has 0 aromatic rings. The van der Waals surface area contributed by atoms with E-state index in [2.05, 4.69) is 42.8 Å². The van der Waals surface area contributed by atoms with Gasteiger partial charge < -0.3 is 15.5 Å². The summed E-state index contributed by atoms with van der Waals surface area (Å²) in [4.78, 5) is 7.56. The molecule has 2 heterocycles. The predicted molar refractivity (Wildman–Crippen MR) is 81.3 cm³/mol. The molecule has 19 heavy (non-hydrogen) atoms. The minimum atomic E-state index is 0.254. The Morgan fingerprint density at radius 3 is 2.53 bits per heavy atom. The van der Waals surface area contributed by atoms with E-state index in [1.807, 2.05) is 0 Å². The lowest BCUT2D eigenvalue weighted by atomic mass is 9.88. The van der Waals surface area contributed by atoms with Crippen molar-refractivity contribution >= 4 is 0 Å². The zero-order valence-electron chi connectivity index (χ0n) is 13.2. The number of rotatable bonds is 3. The van der Waals surface area contributed by atoms with E-state index in [0.29, 0.717) is 6.04 Å². The van der Waals surface area contributed by atoms with E-state index in [0.717, 1.165) is 12.5 Å². The summed E-state index contributed by atoms with van der Waals surface area (Å²) in [5, 5.41) is 0. The fraction of sp³-hybridized carbons (Fsp3) is 1.00. The summed E-state index contributed by atoms with van der Waals surface area (Å²) in [5.41, 5.74) is 6.48. The van der Waals surface area contributed by atoms with E-state index in [1.54, 1.807) is 0 Å². The minimum absolute atomic E-state index is 0.254. The second-order valence-electron chi connectivity index (χ2n) is 7.00. The van der Waals surface area contributed by atoms with Gasteiger partial charge in [-0.1, -0.05) is 6.92 Å². The van der Waals surface area contributed by atoms with Crippen molar-refractivity contribution in [3.63, 3.8) is 0 Å². The van der Waals surface area contributed by atoms with E-state index in [9.17, 15) is 0 Å². The zero-order chi connectivity index (χ0) is 14.0. The average molecular weight is 268 g/mol. The van der Waals surface area contributed by atoms with Crippen molar-refractivity contribution in [2.24, 2.45) is 11.7 Å².